The minimum atomic E-state index is -4.22. The number of ether oxygens (including phenoxy) is 1. The number of hydrogen-bond acceptors (Lipinski definition) is 2. The quantitative estimate of drug-likeness (QED) is 0.722. The second kappa shape index (κ2) is 6.45. The van der Waals surface area contributed by atoms with Crippen LogP contribution in [0.4, 0.5) is 13.2 Å². The van der Waals surface area contributed by atoms with Crippen LogP contribution in [0.15, 0.2) is 0 Å². The predicted octanol–water partition coefficient (Wildman–Crippen LogP) is 2.98. The molecule has 2 nitrogen and oxygen atoms in total. The molecule has 0 amide bonds. The highest BCUT2D eigenvalue weighted by molar-refractivity contribution is 4.78. The topological polar surface area (TPSA) is 21.3 Å². The smallest absolute Gasteiger partial charge is 0.372 e. The maximum Gasteiger partial charge on any atom is 0.411 e. The summed E-state index contributed by atoms with van der Waals surface area (Å²) >= 11 is 0. The largest absolute Gasteiger partial charge is 0.411 e. The molecule has 16 heavy (non-hydrogen) atoms. The van der Waals surface area contributed by atoms with Crippen LogP contribution in [0, 0.1) is 5.41 Å². The predicted molar refractivity (Wildman–Crippen MR) is 58.4 cm³/mol. The minimum Gasteiger partial charge on any atom is -0.372 e. The van der Waals surface area contributed by atoms with E-state index in [1.807, 2.05) is 7.05 Å². The molecule has 0 aliphatic carbocycles. The van der Waals surface area contributed by atoms with Gasteiger partial charge in [0.1, 0.15) is 6.61 Å². The lowest BCUT2D eigenvalue weighted by molar-refractivity contribution is -0.174. The van der Waals surface area contributed by atoms with E-state index in [4.69, 9.17) is 0 Å². The summed E-state index contributed by atoms with van der Waals surface area (Å²) in [4.78, 5) is 0. The van der Waals surface area contributed by atoms with Gasteiger partial charge in [-0.1, -0.05) is 20.8 Å². The van der Waals surface area contributed by atoms with Crippen molar-refractivity contribution in [2.45, 2.75) is 45.8 Å². The summed E-state index contributed by atoms with van der Waals surface area (Å²) in [6, 6.07) is 0.294. The van der Waals surface area contributed by atoms with Gasteiger partial charge in [-0.15, -0.1) is 0 Å². The second-order valence-corrected chi connectivity index (χ2v) is 5.02. The third-order valence-corrected chi connectivity index (χ3v) is 2.44. The van der Waals surface area contributed by atoms with Crippen molar-refractivity contribution in [3.63, 3.8) is 0 Å². The molecule has 5 heteroatoms. The summed E-state index contributed by atoms with van der Waals surface area (Å²) in [6.45, 7) is 5.32. The first-order valence-electron chi connectivity index (χ1n) is 5.48. The Morgan fingerprint density at radius 1 is 1.19 bits per heavy atom. The van der Waals surface area contributed by atoms with E-state index in [1.54, 1.807) is 0 Å². The van der Waals surface area contributed by atoms with Gasteiger partial charge in [-0.3, -0.25) is 0 Å². The Balaban J connectivity index is 3.65. The molecule has 0 aromatic rings. The maximum absolute atomic E-state index is 11.8. The van der Waals surface area contributed by atoms with E-state index in [2.05, 4.69) is 30.8 Å². The van der Waals surface area contributed by atoms with Gasteiger partial charge < -0.3 is 10.1 Å². The summed E-state index contributed by atoms with van der Waals surface area (Å²) in [5.74, 6) is 0. The van der Waals surface area contributed by atoms with Crippen LogP contribution < -0.4 is 5.32 Å². The summed E-state index contributed by atoms with van der Waals surface area (Å²) in [5, 5.41) is 3.17. The maximum atomic E-state index is 11.8. The number of hydrogen-bond donors (Lipinski definition) is 1. The van der Waals surface area contributed by atoms with Gasteiger partial charge in [0.2, 0.25) is 0 Å². The SMILES string of the molecule is CNC(CCCOCC(F)(F)F)C(C)(C)C. The fourth-order valence-electron chi connectivity index (χ4n) is 1.59. The van der Waals surface area contributed by atoms with Gasteiger partial charge in [0.05, 0.1) is 0 Å². The third kappa shape index (κ3) is 7.93. The zero-order chi connectivity index (χ0) is 12.8. The molecule has 0 aromatic heterocycles. The molecule has 1 N–H and O–H groups in total. The molecule has 0 bridgehead atoms. The Labute approximate surface area is 95.5 Å². The summed E-state index contributed by atoms with van der Waals surface area (Å²) < 4.78 is 39.8. The number of nitrogens with one attached hydrogen (secondary N) is 1. The van der Waals surface area contributed by atoms with E-state index in [0.29, 0.717) is 12.5 Å². The van der Waals surface area contributed by atoms with Crippen LogP contribution >= 0.6 is 0 Å². The van der Waals surface area contributed by atoms with Crippen LogP contribution in [0.1, 0.15) is 33.6 Å². The highest BCUT2D eigenvalue weighted by atomic mass is 19.4. The zero-order valence-electron chi connectivity index (χ0n) is 10.4. The molecule has 0 radical (unpaired) electrons. The van der Waals surface area contributed by atoms with Crippen LogP contribution in [0.5, 0.6) is 0 Å². The van der Waals surface area contributed by atoms with Crippen molar-refractivity contribution in [1.82, 2.24) is 5.32 Å². The molecular formula is C11H22F3NO. The molecule has 0 fully saturated rings. The average Bonchev–Trinajstić information content (AvgIpc) is 2.07. The normalized spacial score (nSPS) is 15.2. The molecule has 0 heterocycles. The minimum absolute atomic E-state index is 0.110. The molecule has 0 aromatic carbocycles. The Morgan fingerprint density at radius 3 is 2.12 bits per heavy atom. The molecule has 0 saturated heterocycles. The first-order valence-corrected chi connectivity index (χ1v) is 5.48. The van der Waals surface area contributed by atoms with E-state index in [9.17, 15) is 13.2 Å². The number of alkyl halides is 3. The van der Waals surface area contributed by atoms with E-state index in [0.717, 1.165) is 6.42 Å². The third-order valence-electron chi connectivity index (χ3n) is 2.44. The van der Waals surface area contributed by atoms with E-state index < -0.39 is 12.8 Å². The van der Waals surface area contributed by atoms with Crippen molar-refractivity contribution in [2.75, 3.05) is 20.3 Å². The Bertz CT molecular complexity index is 187. The highest BCUT2D eigenvalue weighted by Crippen LogP contribution is 2.22. The Kier molecular flexibility index (Phi) is 6.33. The molecule has 0 spiro atoms. The lowest BCUT2D eigenvalue weighted by Crippen LogP contribution is -2.38. The van der Waals surface area contributed by atoms with Crippen molar-refractivity contribution >= 4 is 0 Å². The van der Waals surface area contributed by atoms with Gasteiger partial charge in [0.25, 0.3) is 0 Å². The molecule has 1 unspecified atom stereocenters. The van der Waals surface area contributed by atoms with Crippen molar-refractivity contribution in [3.05, 3.63) is 0 Å². The van der Waals surface area contributed by atoms with Crippen LogP contribution in [0.3, 0.4) is 0 Å². The monoisotopic (exact) mass is 241 g/mol. The molecule has 0 aliphatic rings. The molecule has 98 valence electrons. The molecule has 0 saturated carbocycles. The Morgan fingerprint density at radius 2 is 1.75 bits per heavy atom. The molecular weight excluding hydrogens is 219 g/mol. The molecule has 0 rings (SSSR count). The van der Waals surface area contributed by atoms with Crippen molar-refractivity contribution in [1.29, 1.82) is 0 Å². The lowest BCUT2D eigenvalue weighted by Gasteiger charge is -2.30. The van der Waals surface area contributed by atoms with Crippen molar-refractivity contribution in [2.24, 2.45) is 5.41 Å². The van der Waals surface area contributed by atoms with Gasteiger partial charge in [0, 0.05) is 12.6 Å². The van der Waals surface area contributed by atoms with Gasteiger partial charge in [-0.05, 0) is 25.3 Å². The fraction of sp³-hybridized carbons (Fsp3) is 1.00. The van der Waals surface area contributed by atoms with Gasteiger partial charge in [-0.2, -0.15) is 13.2 Å². The van der Waals surface area contributed by atoms with Gasteiger partial charge in [-0.25, -0.2) is 0 Å². The number of rotatable bonds is 6. The average molecular weight is 241 g/mol. The van der Waals surface area contributed by atoms with Crippen molar-refractivity contribution < 1.29 is 17.9 Å². The van der Waals surface area contributed by atoms with Crippen LogP contribution in [0.2, 0.25) is 0 Å². The highest BCUT2D eigenvalue weighted by Gasteiger charge is 2.27. The Hall–Kier alpha value is -0.290. The summed E-state index contributed by atoms with van der Waals surface area (Å²) in [6.07, 6.45) is -2.76. The van der Waals surface area contributed by atoms with Gasteiger partial charge in [0.15, 0.2) is 0 Å². The zero-order valence-corrected chi connectivity index (χ0v) is 10.4. The first-order chi connectivity index (χ1) is 7.17. The first kappa shape index (κ1) is 15.7. The summed E-state index contributed by atoms with van der Waals surface area (Å²) in [5.41, 5.74) is 0.110. The standard InChI is InChI=1S/C11H22F3NO/c1-10(2,3)9(15-4)6-5-7-16-8-11(12,13)14/h9,15H,5-8H2,1-4H3. The molecule has 0 aliphatic heterocycles. The lowest BCUT2D eigenvalue weighted by atomic mass is 9.84. The summed E-state index contributed by atoms with van der Waals surface area (Å²) in [7, 11) is 1.87. The van der Waals surface area contributed by atoms with Crippen LogP contribution in [-0.2, 0) is 4.74 Å². The van der Waals surface area contributed by atoms with Gasteiger partial charge >= 0.3 is 6.18 Å². The number of halogens is 3. The van der Waals surface area contributed by atoms with E-state index in [1.165, 1.54) is 0 Å². The van der Waals surface area contributed by atoms with Crippen molar-refractivity contribution in [3.8, 4) is 0 Å². The second-order valence-electron chi connectivity index (χ2n) is 5.02. The van der Waals surface area contributed by atoms with E-state index >= 15 is 0 Å². The van der Waals surface area contributed by atoms with E-state index in [-0.39, 0.29) is 12.0 Å². The molecule has 1 atom stereocenters. The fourth-order valence-corrected chi connectivity index (χ4v) is 1.59. The van der Waals surface area contributed by atoms with Crippen LogP contribution in [0.25, 0.3) is 0 Å². The van der Waals surface area contributed by atoms with Crippen LogP contribution in [-0.4, -0.2) is 32.5 Å².